The number of hydrogen-bond acceptors (Lipinski definition) is 3. The summed E-state index contributed by atoms with van der Waals surface area (Å²) in [6.45, 7) is 1.79. The molecule has 0 spiro atoms. The average molecular weight is 384 g/mol. The van der Waals surface area contributed by atoms with E-state index in [1.54, 1.807) is 6.92 Å². The van der Waals surface area contributed by atoms with Gasteiger partial charge in [-0.25, -0.2) is 4.98 Å². The summed E-state index contributed by atoms with van der Waals surface area (Å²) in [5.74, 6) is 2.22. The standard InChI is InChI=1S/C19H23F3N2OS/c1-11(26-16-3-2-15(10-23-16)19(20,21)22)17(25)24-18-7-12-4-13(8-18)6-14(5-12)9-18/h2-3,10-14H,4-9H2,1H3,(H,24,25). The number of pyridine rings is 1. The second kappa shape index (κ2) is 6.43. The lowest BCUT2D eigenvalue weighted by Gasteiger charge is -2.57. The van der Waals surface area contributed by atoms with Crippen molar-refractivity contribution in [2.45, 2.75) is 67.4 Å². The molecule has 142 valence electrons. The van der Waals surface area contributed by atoms with Gasteiger partial charge in [0.25, 0.3) is 0 Å². The molecule has 5 rings (SSSR count). The van der Waals surface area contributed by atoms with Gasteiger partial charge in [-0.3, -0.25) is 4.79 Å². The molecule has 7 heteroatoms. The first-order valence-corrected chi connectivity index (χ1v) is 10.1. The molecule has 1 heterocycles. The molecular formula is C19H23F3N2OS. The van der Waals surface area contributed by atoms with Crippen molar-refractivity contribution in [1.82, 2.24) is 10.3 Å². The molecule has 0 aliphatic heterocycles. The van der Waals surface area contributed by atoms with Crippen molar-refractivity contribution in [1.29, 1.82) is 0 Å². The average Bonchev–Trinajstić information content (AvgIpc) is 2.52. The molecule has 1 unspecified atom stereocenters. The van der Waals surface area contributed by atoms with Gasteiger partial charge in [-0.1, -0.05) is 11.8 Å². The zero-order valence-electron chi connectivity index (χ0n) is 14.7. The van der Waals surface area contributed by atoms with Crippen LogP contribution in [-0.4, -0.2) is 21.7 Å². The number of carbonyl (C=O) groups is 1. The van der Waals surface area contributed by atoms with E-state index in [0.29, 0.717) is 5.03 Å². The molecule has 0 aromatic carbocycles. The predicted octanol–water partition coefficient (Wildman–Crippen LogP) is 4.67. The second-order valence-corrected chi connectivity index (χ2v) is 9.69. The highest BCUT2D eigenvalue weighted by Crippen LogP contribution is 2.55. The van der Waals surface area contributed by atoms with Gasteiger partial charge < -0.3 is 5.32 Å². The smallest absolute Gasteiger partial charge is 0.350 e. The highest BCUT2D eigenvalue weighted by Gasteiger charge is 2.51. The zero-order chi connectivity index (χ0) is 18.5. The van der Waals surface area contributed by atoms with Crippen LogP contribution in [0.5, 0.6) is 0 Å². The van der Waals surface area contributed by atoms with Crippen molar-refractivity contribution in [2.75, 3.05) is 0 Å². The molecule has 0 radical (unpaired) electrons. The number of nitrogens with zero attached hydrogens (tertiary/aromatic N) is 1. The molecule has 1 N–H and O–H groups in total. The topological polar surface area (TPSA) is 42.0 Å². The molecule has 0 saturated heterocycles. The summed E-state index contributed by atoms with van der Waals surface area (Å²) in [5, 5.41) is 3.37. The number of alkyl halides is 3. The fourth-order valence-electron chi connectivity index (χ4n) is 5.48. The SMILES string of the molecule is CC(Sc1ccc(C(F)(F)F)cn1)C(=O)NC12CC3CC(CC(C3)C1)C2. The van der Waals surface area contributed by atoms with Gasteiger partial charge in [0.15, 0.2) is 0 Å². The Balaban J connectivity index is 1.38. The summed E-state index contributed by atoms with van der Waals surface area (Å²) in [6.07, 6.45) is 3.63. The molecule has 4 aliphatic carbocycles. The molecule has 3 nitrogen and oxygen atoms in total. The van der Waals surface area contributed by atoms with Crippen molar-refractivity contribution in [3.8, 4) is 0 Å². The molecule has 26 heavy (non-hydrogen) atoms. The summed E-state index contributed by atoms with van der Waals surface area (Å²) in [7, 11) is 0. The Kier molecular flexibility index (Phi) is 4.48. The fraction of sp³-hybridized carbons (Fsp3) is 0.684. The molecule has 1 atom stereocenters. The summed E-state index contributed by atoms with van der Waals surface area (Å²) in [5.41, 5.74) is -0.818. The van der Waals surface area contributed by atoms with Crippen molar-refractivity contribution in [3.63, 3.8) is 0 Å². The number of carbonyl (C=O) groups excluding carboxylic acids is 1. The Morgan fingerprint density at radius 3 is 2.23 bits per heavy atom. The molecule has 4 bridgehead atoms. The first-order chi connectivity index (χ1) is 12.2. The Hall–Kier alpha value is -1.24. The number of thioether (sulfide) groups is 1. The van der Waals surface area contributed by atoms with E-state index in [0.717, 1.165) is 49.3 Å². The summed E-state index contributed by atoms with van der Waals surface area (Å²) in [4.78, 5) is 16.6. The third kappa shape index (κ3) is 3.59. The minimum Gasteiger partial charge on any atom is -0.350 e. The Morgan fingerprint density at radius 1 is 1.19 bits per heavy atom. The monoisotopic (exact) mass is 384 g/mol. The summed E-state index contributed by atoms with van der Waals surface area (Å²) < 4.78 is 37.8. The Bertz CT molecular complexity index is 654. The van der Waals surface area contributed by atoms with Crippen LogP contribution in [0, 0.1) is 17.8 Å². The third-order valence-corrected chi connectivity index (χ3v) is 7.21. The predicted molar refractivity (Wildman–Crippen MR) is 93.6 cm³/mol. The highest BCUT2D eigenvalue weighted by atomic mass is 32.2. The summed E-state index contributed by atoms with van der Waals surface area (Å²) >= 11 is 1.21. The van der Waals surface area contributed by atoms with Gasteiger partial charge in [0.1, 0.15) is 0 Å². The van der Waals surface area contributed by atoms with E-state index in [4.69, 9.17) is 0 Å². The molecule has 4 saturated carbocycles. The number of amides is 1. The van der Waals surface area contributed by atoms with Gasteiger partial charge in [-0.05, 0) is 75.3 Å². The molecule has 1 aromatic rings. The fourth-order valence-corrected chi connectivity index (χ4v) is 6.27. The maximum atomic E-state index is 12.7. The van der Waals surface area contributed by atoms with Crippen LogP contribution < -0.4 is 5.32 Å². The van der Waals surface area contributed by atoms with Crippen molar-refractivity contribution < 1.29 is 18.0 Å². The normalized spacial score (nSPS) is 33.9. The van der Waals surface area contributed by atoms with Gasteiger partial charge in [0.05, 0.1) is 15.8 Å². The van der Waals surface area contributed by atoms with Crippen LogP contribution in [0.2, 0.25) is 0 Å². The van der Waals surface area contributed by atoms with Crippen LogP contribution in [-0.2, 0) is 11.0 Å². The maximum absolute atomic E-state index is 12.7. The van der Waals surface area contributed by atoms with Gasteiger partial charge >= 0.3 is 6.18 Å². The first kappa shape index (κ1) is 18.1. The Labute approximate surface area is 155 Å². The third-order valence-electron chi connectivity index (χ3n) is 6.16. The van der Waals surface area contributed by atoms with Gasteiger partial charge in [0, 0.05) is 11.7 Å². The van der Waals surface area contributed by atoms with Crippen LogP contribution in [0.3, 0.4) is 0 Å². The summed E-state index contributed by atoms with van der Waals surface area (Å²) in [6, 6.07) is 2.35. The Morgan fingerprint density at radius 2 is 1.77 bits per heavy atom. The van der Waals surface area contributed by atoms with E-state index >= 15 is 0 Å². The molecule has 4 fully saturated rings. The van der Waals surface area contributed by atoms with Gasteiger partial charge in [0.2, 0.25) is 5.91 Å². The second-order valence-electron chi connectivity index (χ2n) is 8.33. The highest BCUT2D eigenvalue weighted by molar-refractivity contribution is 8.00. The number of aromatic nitrogens is 1. The number of halogens is 3. The van der Waals surface area contributed by atoms with E-state index in [1.165, 1.54) is 37.1 Å². The molecular weight excluding hydrogens is 361 g/mol. The van der Waals surface area contributed by atoms with Crippen LogP contribution in [0.4, 0.5) is 13.2 Å². The van der Waals surface area contributed by atoms with Crippen molar-refractivity contribution >= 4 is 17.7 Å². The lowest BCUT2D eigenvalue weighted by atomic mass is 9.53. The first-order valence-electron chi connectivity index (χ1n) is 9.24. The van der Waals surface area contributed by atoms with Crippen LogP contribution >= 0.6 is 11.8 Å². The largest absolute Gasteiger partial charge is 0.417 e. The van der Waals surface area contributed by atoms with Gasteiger partial charge in [-0.15, -0.1) is 0 Å². The minimum atomic E-state index is -4.39. The number of nitrogens with one attached hydrogen (secondary N) is 1. The van der Waals surface area contributed by atoms with E-state index in [1.807, 2.05) is 0 Å². The van der Waals surface area contributed by atoms with Crippen LogP contribution in [0.1, 0.15) is 51.0 Å². The minimum absolute atomic E-state index is 0.0290. The molecule has 1 amide bonds. The lowest BCUT2D eigenvalue weighted by Crippen LogP contribution is -2.60. The van der Waals surface area contributed by atoms with Gasteiger partial charge in [-0.2, -0.15) is 13.2 Å². The molecule has 4 aliphatic rings. The van der Waals surface area contributed by atoms with E-state index in [-0.39, 0.29) is 16.7 Å². The van der Waals surface area contributed by atoms with E-state index < -0.39 is 11.7 Å². The van der Waals surface area contributed by atoms with E-state index in [9.17, 15) is 18.0 Å². The quantitative estimate of drug-likeness (QED) is 0.768. The van der Waals surface area contributed by atoms with Crippen LogP contribution in [0.15, 0.2) is 23.4 Å². The zero-order valence-corrected chi connectivity index (χ0v) is 15.5. The lowest BCUT2D eigenvalue weighted by molar-refractivity contribution is -0.138. The van der Waals surface area contributed by atoms with Crippen LogP contribution in [0.25, 0.3) is 0 Å². The van der Waals surface area contributed by atoms with Crippen molar-refractivity contribution in [3.05, 3.63) is 23.9 Å². The maximum Gasteiger partial charge on any atom is 0.417 e. The number of rotatable bonds is 4. The van der Waals surface area contributed by atoms with Crippen molar-refractivity contribution in [2.24, 2.45) is 17.8 Å². The molecule has 1 aromatic heterocycles. The van der Waals surface area contributed by atoms with E-state index in [2.05, 4.69) is 10.3 Å². The number of hydrogen-bond donors (Lipinski definition) is 1.